The molecule has 0 radical (unpaired) electrons. The Balaban J connectivity index is 1.98. The SMILES string of the molecule is CCn1cc(C(=O)N[C@@H](c2ccc(CF)cc2)c2ncccc2F)ccc1=O. The first-order valence-corrected chi connectivity index (χ1v) is 8.80. The third-order valence-corrected chi connectivity index (χ3v) is 4.39. The van der Waals surface area contributed by atoms with E-state index in [1.54, 1.807) is 31.2 Å². The maximum absolute atomic E-state index is 14.4. The number of nitrogens with one attached hydrogen (secondary N) is 1. The Labute approximate surface area is 160 Å². The van der Waals surface area contributed by atoms with Crippen LogP contribution in [-0.4, -0.2) is 15.5 Å². The van der Waals surface area contributed by atoms with E-state index in [0.717, 1.165) is 0 Å². The average molecular weight is 383 g/mol. The normalized spacial score (nSPS) is 11.8. The fraction of sp³-hybridized carbons (Fsp3) is 0.190. The van der Waals surface area contributed by atoms with Crippen molar-refractivity contribution in [1.29, 1.82) is 0 Å². The fourth-order valence-electron chi connectivity index (χ4n) is 2.85. The zero-order valence-electron chi connectivity index (χ0n) is 15.2. The number of aromatic nitrogens is 2. The third kappa shape index (κ3) is 4.14. The Hall–Kier alpha value is -3.35. The van der Waals surface area contributed by atoms with Crippen LogP contribution in [0.25, 0.3) is 0 Å². The van der Waals surface area contributed by atoms with E-state index < -0.39 is 24.4 Å². The monoisotopic (exact) mass is 383 g/mol. The molecule has 1 aromatic carbocycles. The van der Waals surface area contributed by atoms with Crippen molar-refractivity contribution in [3.63, 3.8) is 0 Å². The van der Waals surface area contributed by atoms with Crippen molar-refractivity contribution >= 4 is 5.91 Å². The molecule has 0 aliphatic carbocycles. The molecule has 1 N–H and O–H groups in total. The number of halogens is 2. The van der Waals surface area contributed by atoms with Crippen molar-refractivity contribution in [1.82, 2.24) is 14.9 Å². The molecule has 2 heterocycles. The Morgan fingerprint density at radius 2 is 1.93 bits per heavy atom. The molecular weight excluding hydrogens is 364 g/mol. The lowest BCUT2D eigenvalue weighted by molar-refractivity contribution is 0.0941. The van der Waals surface area contributed by atoms with Crippen molar-refractivity contribution in [2.24, 2.45) is 0 Å². The van der Waals surface area contributed by atoms with Crippen LogP contribution in [0, 0.1) is 5.82 Å². The molecule has 0 saturated heterocycles. The molecule has 2 aromatic heterocycles. The first-order chi connectivity index (χ1) is 13.5. The van der Waals surface area contributed by atoms with Gasteiger partial charge in [0.25, 0.3) is 11.5 Å². The van der Waals surface area contributed by atoms with Gasteiger partial charge in [0.1, 0.15) is 18.2 Å². The lowest BCUT2D eigenvalue weighted by Crippen LogP contribution is -2.31. The van der Waals surface area contributed by atoms with Crippen LogP contribution in [-0.2, 0) is 13.2 Å². The maximum Gasteiger partial charge on any atom is 0.253 e. The Kier molecular flexibility index (Phi) is 5.93. The highest BCUT2D eigenvalue weighted by Gasteiger charge is 2.22. The first kappa shape index (κ1) is 19.4. The number of benzene rings is 1. The van der Waals surface area contributed by atoms with Crippen molar-refractivity contribution in [2.45, 2.75) is 26.2 Å². The quantitative estimate of drug-likeness (QED) is 0.710. The number of aryl methyl sites for hydroxylation is 1. The molecule has 7 heteroatoms. The molecule has 0 saturated carbocycles. The minimum atomic E-state index is -0.871. The van der Waals surface area contributed by atoms with E-state index in [1.807, 2.05) is 0 Å². The third-order valence-electron chi connectivity index (χ3n) is 4.39. The lowest BCUT2D eigenvalue weighted by atomic mass is 10.0. The second-order valence-corrected chi connectivity index (χ2v) is 6.19. The molecule has 0 aliphatic heterocycles. The molecule has 3 aromatic rings. The molecule has 1 atom stereocenters. The van der Waals surface area contributed by atoms with Gasteiger partial charge in [0, 0.05) is 25.0 Å². The van der Waals surface area contributed by atoms with E-state index in [2.05, 4.69) is 10.3 Å². The molecule has 5 nitrogen and oxygen atoms in total. The van der Waals surface area contributed by atoms with Crippen LogP contribution in [0.5, 0.6) is 0 Å². The van der Waals surface area contributed by atoms with Gasteiger partial charge in [0.05, 0.1) is 11.6 Å². The molecule has 0 fully saturated rings. The summed E-state index contributed by atoms with van der Waals surface area (Å²) in [5.41, 5.74) is 1.14. The van der Waals surface area contributed by atoms with Gasteiger partial charge in [-0.2, -0.15) is 0 Å². The summed E-state index contributed by atoms with van der Waals surface area (Å²) >= 11 is 0. The van der Waals surface area contributed by atoms with Crippen molar-refractivity contribution in [3.8, 4) is 0 Å². The van der Waals surface area contributed by atoms with Gasteiger partial charge in [-0.25, -0.2) is 8.78 Å². The van der Waals surface area contributed by atoms with Gasteiger partial charge in [-0.1, -0.05) is 24.3 Å². The molecule has 0 unspecified atom stereocenters. The molecule has 144 valence electrons. The molecule has 3 rings (SSSR count). The van der Waals surface area contributed by atoms with Gasteiger partial charge in [0.2, 0.25) is 0 Å². The van der Waals surface area contributed by atoms with E-state index in [0.29, 0.717) is 17.7 Å². The molecule has 0 aliphatic rings. The minimum Gasteiger partial charge on any atom is -0.339 e. The van der Waals surface area contributed by atoms with E-state index in [9.17, 15) is 18.4 Å². The van der Waals surface area contributed by atoms with Crippen LogP contribution >= 0.6 is 0 Å². The van der Waals surface area contributed by atoms with Crippen LogP contribution < -0.4 is 10.9 Å². The van der Waals surface area contributed by atoms with Crippen LogP contribution in [0.15, 0.2) is 65.7 Å². The van der Waals surface area contributed by atoms with E-state index in [1.165, 1.54) is 41.2 Å². The average Bonchev–Trinajstić information content (AvgIpc) is 2.73. The summed E-state index contributed by atoms with van der Waals surface area (Å²) in [6, 6.07) is 11.0. The van der Waals surface area contributed by atoms with Crippen molar-refractivity contribution in [3.05, 3.63) is 99.5 Å². The van der Waals surface area contributed by atoms with E-state index in [4.69, 9.17) is 0 Å². The summed E-state index contributed by atoms with van der Waals surface area (Å²) in [6.07, 6.45) is 2.89. The first-order valence-electron chi connectivity index (χ1n) is 8.80. The van der Waals surface area contributed by atoms with Gasteiger partial charge in [-0.15, -0.1) is 0 Å². The summed E-state index contributed by atoms with van der Waals surface area (Å²) in [6.45, 7) is 1.60. The maximum atomic E-state index is 14.4. The number of rotatable bonds is 6. The smallest absolute Gasteiger partial charge is 0.253 e. The Morgan fingerprint density at radius 1 is 1.18 bits per heavy atom. The van der Waals surface area contributed by atoms with Crippen LogP contribution in [0.3, 0.4) is 0 Å². The van der Waals surface area contributed by atoms with Crippen LogP contribution in [0.2, 0.25) is 0 Å². The summed E-state index contributed by atoms with van der Waals surface area (Å²) in [5, 5.41) is 2.76. The zero-order valence-corrected chi connectivity index (χ0v) is 15.2. The van der Waals surface area contributed by atoms with Gasteiger partial charge in [-0.05, 0) is 36.2 Å². The number of pyridine rings is 2. The topological polar surface area (TPSA) is 64.0 Å². The summed E-state index contributed by atoms with van der Waals surface area (Å²) in [4.78, 5) is 28.6. The predicted molar refractivity (Wildman–Crippen MR) is 101 cm³/mol. The van der Waals surface area contributed by atoms with E-state index >= 15 is 0 Å². The summed E-state index contributed by atoms with van der Waals surface area (Å²) < 4.78 is 28.6. The number of hydrogen-bond acceptors (Lipinski definition) is 3. The second kappa shape index (κ2) is 8.56. The Morgan fingerprint density at radius 3 is 2.57 bits per heavy atom. The Bertz CT molecular complexity index is 1030. The molecular formula is C21H19F2N3O2. The van der Waals surface area contributed by atoms with Crippen molar-refractivity contribution < 1.29 is 13.6 Å². The van der Waals surface area contributed by atoms with Gasteiger partial charge in [0.15, 0.2) is 0 Å². The molecule has 1 amide bonds. The summed E-state index contributed by atoms with van der Waals surface area (Å²) in [7, 11) is 0. The zero-order chi connectivity index (χ0) is 20.1. The number of hydrogen-bond donors (Lipinski definition) is 1. The fourth-order valence-corrected chi connectivity index (χ4v) is 2.85. The van der Waals surface area contributed by atoms with Gasteiger partial charge >= 0.3 is 0 Å². The van der Waals surface area contributed by atoms with E-state index in [-0.39, 0.29) is 16.8 Å². The van der Waals surface area contributed by atoms with Crippen LogP contribution in [0.1, 0.15) is 40.1 Å². The minimum absolute atomic E-state index is 0.0488. The van der Waals surface area contributed by atoms with Gasteiger partial charge in [-0.3, -0.25) is 14.6 Å². The predicted octanol–water partition coefficient (Wildman–Crippen LogP) is 3.39. The second-order valence-electron chi connectivity index (χ2n) is 6.19. The molecule has 0 spiro atoms. The van der Waals surface area contributed by atoms with Crippen molar-refractivity contribution in [2.75, 3.05) is 0 Å². The number of alkyl halides is 1. The highest BCUT2D eigenvalue weighted by atomic mass is 19.1. The van der Waals surface area contributed by atoms with Crippen LogP contribution in [0.4, 0.5) is 8.78 Å². The summed E-state index contributed by atoms with van der Waals surface area (Å²) in [5.74, 6) is -1.05. The number of carbonyl (C=O) groups is 1. The highest BCUT2D eigenvalue weighted by molar-refractivity contribution is 5.94. The standard InChI is InChI=1S/C21H19F2N3O2/c1-2-26-13-16(9-10-18(26)27)21(28)25-19(20-17(23)4-3-11-24-20)15-7-5-14(12-22)6-8-15/h3-11,13,19H,2,12H2,1H3,(H,25,28)/t19-/m0/s1. The van der Waals surface area contributed by atoms with Gasteiger partial charge < -0.3 is 9.88 Å². The number of carbonyl (C=O) groups excluding carboxylic acids is 1. The number of nitrogens with zero attached hydrogens (tertiary/aromatic N) is 2. The molecule has 0 bridgehead atoms. The number of amides is 1. The lowest BCUT2D eigenvalue weighted by Gasteiger charge is -2.20. The molecule has 28 heavy (non-hydrogen) atoms. The highest BCUT2D eigenvalue weighted by Crippen LogP contribution is 2.24. The largest absolute Gasteiger partial charge is 0.339 e.